The van der Waals surface area contributed by atoms with Gasteiger partial charge in [0.15, 0.2) is 11.5 Å². The van der Waals surface area contributed by atoms with Crippen LogP contribution < -0.4 is 9.47 Å². The molecule has 0 saturated carbocycles. The second-order valence-electron chi connectivity index (χ2n) is 8.05. The molecule has 4 heterocycles. The van der Waals surface area contributed by atoms with E-state index < -0.39 is 5.72 Å². The highest BCUT2D eigenvalue weighted by atomic mass is 16.6. The Morgan fingerprint density at radius 2 is 2.11 bits per heavy atom. The van der Waals surface area contributed by atoms with E-state index in [2.05, 4.69) is 24.9 Å². The smallest absolute Gasteiger partial charge is 0.203 e. The van der Waals surface area contributed by atoms with Gasteiger partial charge in [0, 0.05) is 24.8 Å². The van der Waals surface area contributed by atoms with Crippen LogP contribution in [0.25, 0.3) is 0 Å². The van der Waals surface area contributed by atoms with E-state index in [-0.39, 0.29) is 11.6 Å². The monoisotopic (exact) mass is 368 g/mol. The molecule has 27 heavy (non-hydrogen) atoms. The van der Waals surface area contributed by atoms with Gasteiger partial charge in [-0.05, 0) is 32.0 Å². The topological polar surface area (TPSA) is 56.4 Å². The van der Waals surface area contributed by atoms with Crippen LogP contribution in [-0.4, -0.2) is 35.8 Å². The fourth-order valence-electron chi connectivity index (χ4n) is 4.60. The van der Waals surface area contributed by atoms with Crippen LogP contribution in [0.1, 0.15) is 50.5 Å². The molecule has 0 N–H and O–H groups in total. The maximum atomic E-state index is 6.68. The second-order valence-corrected chi connectivity index (χ2v) is 8.05. The number of hydrazone groups is 1. The molecule has 2 aromatic rings. The van der Waals surface area contributed by atoms with E-state index in [1.54, 1.807) is 13.4 Å². The SMILES string of the molecule is COc1cccc2c1O[C@]1(CCOC(C)(C)C1)N1N=C(c3ccco3)C[C@H]21. The van der Waals surface area contributed by atoms with Gasteiger partial charge < -0.3 is 18.6 Å². The number of methoxy groups -OCH3 is 1. The minimum absolute atomic E-state index is 0.0952. The normalized spacial score (nSPS) is 28.3. The van der Waals surface area contributed by atoms with Crippen molar-refractivity contribution in [1.82, 2.24) is 5.01 Å². The first-order chi connectivity index (χ1) is 13.0. The van der Waals surface area contributed by atoms with Crippen molar-refractivity contribution >= 4 is 5.71 Å². The molecule has 6 nitrogen and oxygen atoms in total. The summed E-state index contributed by atoms with van der Waals surface area (Å²) in [4.78, 5) is 0. The molecule has 1 saturated heterocycles. The number of hydrogen-bond donors (Lipinski definition) is 0. The van der Waals surface area contributed by atoms with Crippen LogP contribution in [0.2, 0.25) is 0 Å². The lowest BCUT2D eigenvalue weighted by Gasteiger charge is -2.52. The van der Waals surface area contributed by atoms with Gasteiger partial charge >= 0.3 is 0 Å². The molecule has 0 unspecified atom stereocenters. The molecule has 3 aliphatic rings. The number of ether oxygens (including phenoxy) is 3. The van der Waals surface area contributed by atoms with Crippen molar-refractivity contribution < 1.29 is 18.6 Å². The van der Waals surface area contributed by atoms with Gasteiger partial charge in [-0.3, -0.25) is 0 Å². The maximum absolute atomic E-state index is 6.68. The first-order valence-electron chi connectivity index (χ1n) is 9.42. The zero-order valence-electron chi connectivity index (χ0n) is 15.9. The zero-order valence-corrected chi connectivity index (χ0v) is 15.9. The first kappa shape index (κ1) is 16.7. The van der Waals surface area contributed by atoms with E-state index >= 15 is 0 Å². The minimum Gasteiger partial charge on any atom is -0.493 e. The third-order valence-corrected chi connectivity index (χ3v) is 5.70. The number of benzene rings is 1. The van der Waals surface area contributed by atoms with Crippen molar-refractivity contribution in [2.24, 2.45) is 5.10 Å². The van der Waals surface area contributed by atoms with Crippen molar-refractivity contribution in [3.8, 4) is 11.5 Å². The predicted molar refractivity (Wildman–Crippen MR) is 100 cm³/mol. The lowest BCUT2D eigenvalue weighted by Crippen LogP contribution is -2.60. The molecule has 0 bridgehead atoms. The molecule has 6 heteroatoms. The van der Waals surface area contributed by atoms with Crippen molar-refractivity contribution in [2.75, 3.05) is 13.7 Å². The lowest BCUT2D eigenvalue weighted by atomic mass is 9.86. The number of nitrogens with zero attached hydrogens (tertiary/aromatic N) is 2. The van der Waals surface area contributed by atoms with Gasteiger partial charge in [0.05, 0.1) is 31.6 Å². The van der Waals surface area contributed by atoms with Gasteiger partial charge in [-0.2, -0.15) is 5.10 Å². The predicted octanol–water partition coefficient (Wildman–Crippen LogP) is 4.12. The Hall–Kier alpha value is -2.47. The van der Waals surface area contributed by atoms with E-state index in [1.807, 2.05) is 24.3 Å². The Balaban J connectivity index is 1.65. The van der Waals surface area contributed by atoms with E-state index in [4.69, 9.17) is 23.7 Å². The third kappa shape index (κ3) is 2.54. The summed E-state index contributed by atoms with van der Waals surface area (Å²) in [6.45, 7) is 4.85. The number of fused-ring (bicyclic) bond motifs is 4. The summed E-state index contributed by atoms with van der Waals surface area (Å²) < 4.78 is 23.9. The van der Waals surface area contributed by atoms with Gasteiger partial charge in [0.2, 0.25) is 5.72 Å². The Morgan fingerprint density at radius 3 is 2.85 bits per heavy atom. The Kier molecular flexibility index (Phi) is 3.56. The molecular formula is C21H24N2O4. The Bertz CT molecular complexity index is 890. The highest BCUT2D eigenvalue weighted by Gasteiger charge is 2.55. The van der Waals surface area contributed by atoms with Crippen LogP contribution in [0.4, 0.5) is 0 Å². The fourth-order valence-corrected chi connectivity index (χ4v) is 4.60. The van der Waals surface area contributed by atoms with Gasteiger partial charge in [-0.15, -0.1) is 0 Å². The van der Waals surface area contributed by atoms with Crippen LogP contribution in [0.3, 0.4) is 0 Å². The molecule has 1 aromatic carbocycles. The fraction of sp³-hybridized carbons (Fsp3) is 0.476. The largest absolute Gasteiger partial charge is 0.493 e. The number of rotatable bonds is 2. The molecule has 3 aliphatic heterocycles. The Morgan fingerprint density at radius 1 is 1.22 bits per heavy atom. The van der Waals surface area contributed by atoms with Crippen molar-refractivity contribution in [1.29, 1.82) is 0 Å². The average molecular weight is 368 g/mol. The molecule has 0 radical (unpaired) electrons. The summed E-state index contributed by atoms with van der Waals surface area (Å²) in [7, 11) is 1.69. The standard InChI is InChI=1S/C21H24N2O4/c1-20(2)13-21(9-11-26-20)23-16(12-15(22-23)17-8-5-10-25-17)14-6-4-7-18(24-3)19(14)27-21/h4-8,10,16H,9,11-13H2,1-3H3/t16-,21+/m1/s1. The van der Waals surface area contributed by atoms with Crippen LogP contribution in [0.5, 0.6) is 11.5 Å². The summed E-state index contributed by atoms with van der Waals surface area (Å²) >= 11 is 0. The van der Waals surface area contributed by atoms with Crippen molar-refractivity contribution in [3.63, 3.8) is 0 Å². The molecule has 5 rings (SSSR count). The van der Waals surface area contributed by atoms with Gasteiger partial charge in [-0.1, -0.05) is 12.1 Å². The van der Waals surface area contributed by atoms with E-state index in [0.29, 0.717) is 6.61 Å². The quantitative estimate of drug-likeness (QED) is 0.798. The molecule has 0 amide bonds. The van der Waals surface area contributed by atoms with E-state index in [0.717, 1.165) is 47.8 Å². The average Bonchev–Trinajstić information content (AvgIpc) is 3.30. The molecule has 142 valence electrons. The zero-order chi connectivity index (χ0) is 18.6. The number of hydrogen-bond acceptors (Lipinski definition) is 6. The highest BCUT2D eigenvalue weighted by molar-refractivity contribution is 5.99. The van der Waals surface area contributed by atoms with Gasteiger partial charge in [-0.25, -0.2) is 5.01 Å². The van der Waals surface area contributed by atoms with E-state index in [1.165, 1.54) is 0 Å². The van der Waals surface area contributed by atoms with Crippen LogP contribution in [0, 0.1) is 0 Å². The number of furan rings is 1. The van der Waals surface area contributed by atoms with Crippen molar-refractivity contribution in [3.05, 3.63) is 47.9 Å². The lowest BCUT2D eigenvalue weighted by molar-refractivity contribution is -0.212. The van der Waals surface area contributed by atoms with Crippen LogP contribution in [0.15, 0.2) is 46.1 Å². The highest BCUT2D eigenvalue weighted by Crippen LogP contribution is 2.54. The summed E-state index contributed by atoms with van der Waals surface area (Å²) in [5.41, 5.74) is 1.22. The van der Waals surface area contributed by atoms with E-state index in [9.17, 15) is 0 Å². The minimum atomic E-state index is -0.553. The third-order valence-electron chi connectivity index (χ3n) is 5.70. The first-order valence-corrected chi connectivity index (χ1v) is 9.42. The summed E-state index contributed by atoms with van der Waals surface area (Å²) in [5.74, 6) is 2.41. The molecule has 1 spiro atoms. The van der Waals surface area contributed by atoms with Gasteiger partial charge in [0.25, 0.3) is 0 Å². The van der Waals surface area contributed by atoms with Crippen molar-refractivity contribution in [2.45, 2.75) is 50.5 Å². The van der Waals surface area contributed by atoms with Crippen LogP contribution >= 0.6 is 0 Å². The molecule has 0 aliphatic carbocycles. The summed E-state index contributed by atoms with van der Waals surface area (Å²) in [6.07, 6.45) is 3.94. The molecular weight excluding hydrogens is 344 g/mol. The number of para-hydroxylation sites is 1. The molecule has 1 aromatic heterocycles. The molecule has 1 fully saturated rings. The Labute approximate surface area is 158 Å². The van der Waals surface area contributed by atoms with Crippen LogP contribution in [-0.2, 0) is 4.74 Å². The molecule has 2 atom stereocenters. The second kappa shape index (κ2) is 5.76. The summed E-state index contributed by atoms with van der Waals surface area (Å²) in [6, 6.07) is 10.0. The van der Waals surface area contributed by atoms with Gasteiger partial charge in [0.1, 0.15) is 11.5 Å². The maximum Gasteiger partial charge on any atom is 0.203 e. The summed E-state index contributed by atoms with van der Waals surface area (Å²) in [5, 5.41) is 7.13.